The van der Waals surface area contributed by atoms with Crippen LogP contribution in [0.4, 0.5) is 0 Å². The maximum Gasteiger partial charge on any atom is 0.294 e. The van der Waals surface area contributed by atoms with Gasteiger partial charge in [0.25, 0.3) is 30.4 Å². The topological polar surface area (TPSA) is 223 Å². The average molecular weight is 1100 g/mol. The van der Waals surface area contributed by atoms with E-state index in [9.17, 15) is 38.9 Å². The van der Waals surface area contributed by atoms with E-state index in [1.807, 2.05) is 73.2 Å². The van der Waals surface area contributed by atoms with Crippen molar-refractivity contribution >= 4 is 75.5 Å². The molecule has 390 valence electrons. The van der Waals surface area contributed by atoms with E-state index in [2.05, 4.69) is 46.2 Å². The maximum atomic E-state index is 12.2. The fourth-order valence-electron chi connectivity index (χ4n) is 9.68. The molecule has 0 amide bonds. The molecule has 11 rings (SSSR count). The first-order valence-electron chi connectivity index (χ1n) is 24.7. The van der Waals surface area contributed by atoms with Crippen molar-refractivity contribution in [2.24, 2.45) is 20.0 Å². The minimum Gasteiger partial charge on any atom is -0.357 e. The van der Waals surface area contributed by atoms with Crippen LogP contribution in [0.1, 0.15) is 41.5 Å². The standard InChI is InChI=1S/C59H47N7O9S3/c1-64-33-25-39(26-34-64)40-27-35-65(36-28-40)31-3-2-4-32-66-37-29-44(30-38-66)59-54-23-21-52(62-54)57(42-7-13-46(14-8-42)77(70,71)72)50-19-17-48(60-50)56(41-5-11-45(12-6-41)76(67,68)69)49-18-20-51(61-49)58(53-22-24-55(59)63-53)43-9-15-47(16-10-43)78(73,74)75/h5-30,33-38H,2-4,31-32H2,1H3,(H2-,67,68,69,70,71,72,73,74,75)/p+1. The van der Waals surface area contributed by atoms with Crippen LogP contribution in [0.15, 0.2) is 264 Å². The fourth-order valence-corrected chi connectivity index (χ4v) is 11.1. The molecule has 0 radical (unpaired) electrons. The third-order valence-electron chi connectivity index (χ3n) is 13.6. The van der Waals surface area contributed by atoms with Crippen molar-refractivity contribution in [3.05, 3.63) is 251 Å². The highest BCUT2D eigenvalue weighted by Gasteiger charge is 2.29. The first-order valence-corrected chi connectivity index (χ1v) is 29.0. The molecule has 0 saturated carbocycles. The number of rotatable bonds is 13. The van der Waals surface area contributed by atoms with Gasteiger partial charge in [0.15, 0.2) is 12.4 Å². The van der Waals surface area contributed by atoms with Crippen LogP contribution in [0.3, 0.4) is 0 Å². The maximum absolute atomic E-state index is 12.2. The number of pyridine rings is 1. The molecule has 8 heterocycles. The van der Waals surface area contributed by atoms with Crippen molar-refractivity contribution in [1.29, 1.82) is 0 Å². The lowest BCUT2D eigenvalue weighted by Gasteiger charge is -2.20. The Bertz CT molecular complexity index is 4040. The van der Waals surface area contributed by atoms with E-state index >= 15 is 0 Å². The number of hydrogen-bond acceptors (Lipinski definition) is 12. The van der Waals surface area contributed by atoms with Gasteiger partial charge in [-0.15, -0.1) is 0 Å². The summed E-state index contributed by atoms with van der Waals surface area (Å²) < 4.78 is 105. The van der Waals surface area contributed by atoms with E-state index in [0.717, 1.165) is 37.9 Å². The molecule has 3 N–H and O–H groups in total. The molecule has 1 aromatic heterocycles. The second-order valence-electron chi connectivity index (χ2n) is 18.8. The van der Waals surface area contributed by atoms with Gasteiger partial charge in [0.05, 0.1) is 60.3 Å². The molecule has 0 aliphatic carbocycles. The Labute approximate surface area is 451 Å². The molecule has 19 heteroatoms. The van der Waals surface area contributed by atoms with E-state index in [1.165, 1.54) is 59.7 Å². The molecule has 7 aliphatic heterocycles. The van der Waals surface area contributed by atoms with Crippen molar-refractivity contribution in [3.8, 4) is 0 Å². The number of fused-ring (bicyclic) bond motifs is 4. The number of aliphatic imine (C=N–C) groups is 4. The molecule has 7 aliphatic rings. The quantitative estimate of drug-likeness (QED) is 0.0650. The Balaban J connectivity index is 0.986. The SMILES string of the molecule is CN1C=CC(=C2C=CN(CCCCC[n+]3ccc(C4=C5C=CC(=N5)C(c5ccc(S(=O)(=O)O)cc5)=C5C=CC(=N5)C(c5ccc(S(=O)(=O)O)cc5)=C5C=CC(=N5)C(c5ccc(S(=O)(=O)O)cc5)=C5C=CC4=N5)cc3)C=C2)C=C1. The number of benzene rings is 3. The average Bonchev–Trinajstić information content (AvgIpc) is 4.38. The summed E-state index contributed by atoms with van der Waals surface area (Å²) in [5.41, 5.74) is 10.7. The largest absolute Gasteiger partial charge is 0.357 e. The molecule has 16 nitrogen and oxygen atoms in total. The summed E-state index contributed by atoms with van der Waals surface area (Å²) in [5.74, 6) is 0. The van der Waals surface area contributed by atoms with Crippen molar-refractivity contribution in [2.45, 2.75) is 40.5 Å². The molecule has 8 bridgehead atoms. The first-order chi connectivity index (χ1) is 37.4. The van der Waals surface area contributed by atoms with Gasteiger partial charge in [-0.05, 0) is 156 Å². The normalized spacial score (nSPS) is 17.9. The number of unbranched alkanes of at least 4 members (excludes halogenated alkanes) is 2. The summed E-state index contributed by atoms with van der Waals surface area (Å²) in [4.78, 5) is 24.1. The molecule has 3 aromatic carbocycles. The van der Waals surface area contributed by atoms with Crippen molar-refractivity contribution < 1.29 is 43.5 Å². The second kappa shape index (κ2) is 20.8. The van der Waals surface area contributed by atoms with E-state index in [4.69, 9.17) is 20.0 Å². The lowest BCUT2D eigenvalue weighted by atomic mass is 9.98. The summed E-state index contributed by atoms with van der Waals surface area (Å²) in [6, 6.07) is 21.1. The number of aromatic nitrogens is 1. The number of nitrogens with zero attached hydrogens (tertiary/aromatic N) is 7. The van der Waals surface area contributed by atoms with Crippen LogP contribution < -0.4 is 4.57 Å². The van der Waals surface area contributed by atoms with Gasteiger partial charge in [-0.3, -0.25) is 13.7 Å². The third-order valence-corrected chi connectivity index (χ3v) is 16.3. The van der Waals surface area contributed by atoms with Crippen LogP contribution >= 0.6 is 0 Å². The first kappa shape index (κ1) is 51.5. The van der Waals surface area contributed by atoms with Crippen molar-refractivity contribution in [1.82, 2.24) is 9.80 Å². The van der Waals surface area contributed by atoms with Gasteiger partial charge in [0.1, 0.15) is 6.54 Å². The summed E-state index contributed by atoms with van der Waals surface area (Å²) in [6.45, 7) is 1.70. The highest BCUT2D eigenvalue weighted by Crippen LogP contribution is 2.39. The minimum absolute atomic E-state index is 0.298. The lowest BCUT2D eigenvalue weighted by Crippen LogP contribution is -2.32. The highest BCUT2D eigenvalue weighted by molar-refractivity contribution is 7.86. The van der Waals surface area contributed by atoms with Gasteiger partial charge in [-0.2, -0.15) is 25.3 Å². The zero-order valence-corrected chi connectivity index (χ0v) is 44.1. The van der Waals surface area contributed by atoms with Crippen LogP contribution in [-0.2, 0) is 36.9 Å². The molecular weight excluding hydrogens is 1050 g/mol. The van der Waals surface area contributed by atoms with E-state index in [1.54, 1.807) is 48.6 Å². The Morgan fingerprint density at radius 1 is 0.397 bits per heavy atom. The smallest absolute Gasteiger partial charge is 0.294 e. The summed E-state index contributed by atoms with van der Waals surface area (Å²) in [5, 5.41) is 0. The fraction of sp³-hybridized carbons (Fsp3) is 0.102. The predicted molar refractivity (Wildman–Crippen MR) is 301 cm³/mol. The van der Waals surface area contributed by atoms with Crippen LogP contribution in [-0.4, -0.2) is 85.2 Å². The van der Waals surface area contributed by atoms with E-state index < -0.39 is 30.4 Å². The Morgan fingerprint density at radius 2 is 0.718 bits per heavy atom. The van der Waals surface area contributed by atoms with Crippen LogP contribution in [0.5, 0.6) is 0 Å². The van der Waals surface area contributed by atoms with Crippen LogP contribution in [0.2, 0.25) is 0 Å². The van der Waals surface area contributed by atoms with Gasteiger partial charge in [0.2, 0.25) is 0 Å². The van der Waals surface area contributed by atoms with E-state index in [0.29, 0.717) is 84.6 Å². The van der Waals surface area contributed by atoms with Gasteiger partial charge < -0.3 is 9.80 Å². The molecule has 4 aromatic rings. The predicted octanol–water partition coefficient (Wildman–Crippen LogP) is 9.50. The molecule has 0 unspecified atom stereocenters. The molecule has 0 saturated heterocycles. The van der Waals surface area contributed by atoms with Crippen LogP contribution in [0.25, 0.3) is 22.3 Å². The van der Waals surface area contributed by atoms with Gasteiger partial charge in [0, 0.05) is 79.2 Å². The number of allylic oxidation sites excluding steroid dienone is 18. The Kier molecular flexibility index (Phi) is 13.7. The van der Waals surface area contributed by atoms with Crippen molar-refractivity contribution in [2.75, 3.05) is 13.6 Å². The Hall–Kier alpha value is -8.56. The number of hydrogen-bond donors (Lipinski definition) is 3. The monoisotopic (exact) mass is 1090 g/mol. The molecule has 0 fully saturated rings. The lowest BCUT2D eigenvalue weighted by molar-refractivity contribution is -0.697. The van der Waals surface area contributed by atoms with Crippen LogP contribution in [0, 0.1) is 0 Å². The van der Waals surface area contributed by atoms with Crippen molar-refractivity contribution in [3.63, 3.8) is 0 Å². The molecule has 0 spiro atoms. The summed E-state index contributed by atoms with van der Waals surface area (Å²) in [7, 11) is -11.6. The second-order valence-corrected chi connectivity index (χ2v) is 23.1. The van der Waals surface area contributed by atoms with Gasteiger partial charge in [-0.25, -0.2) is 24.5 Å². The molecular formula is C59H48N7O9S3+. The van der Waals surface area contributed by atoms with Gasteiger partial charge >= 0.3 is 0 Å². The summed E-state index contributed by atoms with van der Waals surface area (Å²) >= 11 is 0. The molecule has 0 atom stereocenters. The third kappa shape index (κ3) is 10.9. The van der Waals surface area contributed by atoms with Gasteiger partial charge in [-0.1, -0.05) is 36.4 Å². The zero-order chi connectivity index (χ0) is 54.3. The van der Waals surface area contributed by atoms with E-state index in [-0.39, 0.29) is 14.7 Å². The zero-order valence-electron chi connectivity index (χ0n) is 41.7. The molecule has 78 heavy (non-hydrogen) atoms. The minimum atomic E-state index is -4.54. The highest BCUT2D eigenvalue weighted by atomic mass is 32.2. The Morgan fingerprint density at radius 3 is 1.05 bits per heavy atom. The number of aryl methyl sites for hydroxylation is 1. The summed E-state index contributed by atoms with van der Waals surface area (Å²) in [6.07, 6.45) is 38.4.